The number of unbranched alkanes of at least 4 members (excludes halogenated alkanes) is 2. The van der Waals surface area contributed by atoms with E-state index in [4.69, 9.17) is 5.11 Å². The van der Waals surface area contributed by atoms with E-state index in [2.05, 4.69) is 43.0 Å². The molecule has 0 amide bonds. The van der Waals surface area contributed by atoms with Crippen LogP contribution < -0.4 is 4.90 Å². The molecule has 0 bridgehead atoms. The van der Waals surface area contributed by atoms with Gasteiger partial charge in [0.2, 0.25) is 0 Å². The van der Waals surface area contributed by atoms with Crippen LogP contribution in [0.15, 0.2) is 24.3 Å². The molecule has 90 valence electrons. The molecule has 16 heavy (non-hydrogen) atoms. The van der Waals surface area contributed by atoms with Crippen molar-refractivity contribution in [2.24, 2.45) is 0 Å². The smallest absolute Gasteiger partial charge is 0.0431 e. The molecule has 0 fully saturated rings. The Morgan fingerprint density at radius 3 is 2.31 bits per heavy atom. The van der Waals surface area contributed by atoms with E-state index in [1.54, 1.807) is 0 Å². The first-order chi connectivity index (χ1) is 7.77. The number of hydrogen-bond donors (Lipinski definition) is 1. The zero-order valence-electron chi connectivity index (χ0n) is 10.4. The summed E-state index contributed by atoms with van der Waals surface area (Å²) in [7, 11) is 0. The Labute approximate surface area is 98.9 Å². The van der Waals surface area contributed by atoms with Gasteiger partial charge >= 0.3 is 0 Å². The van der Waals surface area contributed by atoms with E-state index in [9.17, 15) is 0 Å². The molecule has 2 heteroatoms. The number of aliphatic hydroxyl groups is 1. The average molecular weight is 221 g/mol. The summed E-state index contributed by atoms with van der Waals surface area (Å²) in [6.07, 6.45) is 3.19. The molecule has 1 aromatic rings. The molecule has 2 nitrogen and oxygen atoms in total. The molecule has 0 radical (unpaired) electrons. The summed E-state index contributed by atoms with van der Waals surface area (Å²) in [5, 5.41) is 8.72. The zero-order chi connectivity index (χ0) is 11.8. The van der Waals surface area contributed by atoms with Crippen molar-refractivity contribution >= 4 is 5.69 Å². The maximum absolute atomic E-state index is 8.72. The van der Waals surface area contributed by atoms with Gasteiger partial charge in [0, 0.05) is 25.4 Å². The van der Waals surface area contributed by atoms with Crippen LogP contribution in [0.4, 0.5) is 5.69 Å². The van der Waals surface area contributed by atoms with Crippen molar-refractivity contribution in [2.45, 2.75) is 33.1 Å². The van der Waals surface area contributed by atoms with Gasteiger partial charge in [0.15, 0.2) is 0 Å². The predicted molar refractivity (Wildman–Crippen MR) is 70.0 cm³/mol. The monoisotopic (exact) mass is 221 g/mol. The van der Waals surface area contributed by atoms with Gasteiger partial charge in [0.05, 0.1) is 0 Å². The molecule has 1 aromatic carbocycles. The lowest BCUT2D eigenvalue weighted by Crippen LogP contribution is -2.23. The number of aryl methyl sites for hydroxylation is 1. The van der Waals surface area contributed by atoms with Crippen LogP contribution in [0.2, 0.25) is 0 Å². The highest BCUT2D eigenvalue weighted by atomic mass is 16.2. The van der Waals surface area contributed by atoms with Gasteiger partial charge in [-0.1, -0.05) is 17.7 Å². The minimum atomic E-state index is 0.316. The highest BCUT2D eigenvalue weighted by molar-refractivity contribution is 5.47. The minimum Gasteiger partial charge on any atom is -0.396 e. The Kier molecular flexibility index (Phi) is 5.94. The number of rotatable bonds is 7. The van der Waals surface area contributed by atoms with Crippen molar-refractivity contribution in [3.05, 3.63) is 29.8 Å². The van der Waals surface area contributed by atoms with E-state index in [-0.39, 0.29) is 0 Å². The highest BCUT2D eigenvalue weighted by Crippen LogP contribution is 2.15. The lowest BCUT2D eigenvalue weighted by molar-refractivity contribution is 0.283. The maximum atomic E-state index is 8.72. The minimum absolute atomic E-state index is 0.316. The van der Waals surface area contributed by atoms with Crippen LogP contribution in [-0.4, -0.2) is 24.8 Å². The second kappa shape index (κ2) is 7.29. The number of aliphatic hydroxyl groups excluding tert-OH is 1. The van der Waals surface area contributed by atoms with Gasteiger partial charge < -0.3 is 10.0 Å². The molecular weight excluding hydrogens is 198 g/mol. The fourth-order valence-corrected chi connectivity index (χ4v) is 1.82. The Balaban J connectivity index is 2.44. The van der Waals surface area contributed by atoms with Crippen LogP contribution in [0.3, 0.4) is 0 Å². The van der Waals surface area contributed by atoms with Crippen molar-refractivity contribution in [1.29, 1.82) is 0 Å². The first kappa shape index (κ1) is 13.0. The van der Waals surface area contributed by atoms with E-state index in [0.717, 1.165) is 32.4 Å². The summed E-state index contributed by atoms with van der Waals surface area (Å²) in [6.45, 7) is 6.74. The number of anilines is 1. The van der Waals surface area contributed by atoms with Gasteiger partial charge in [0.25, 0.3) is 0 Å². The van der Waals surface area contributed by atoms with Crippen LogP contribution in [0.1, 0.15) is 31.7 Å². The molecule has 0 unspecified atom stereocenters. The molecule has 0 spiro atoms. The molecule has 0 saturated carbocycles. The fraction of sp³-hybridized carbons (Fsp3) is 0.571. The molecule has 0 aliphatic heterocycles. The van der Waals surface area contributed by atoms with Gasteiger partial charge in [-0.3, -0.25) is 0 Å². The standard InChI is InChI=1S/C14H23NO/c1-3-15(11-5-4-6-12-16)14-9-7-13(2)8-10-14/h7-10,16H,3-6,11-12H2,1-2H3. The largest absolute Gasteiger partial charge is 0.396 e. The second-order valence-corrected chi connectivity index (χ2v) is 4.20. The first-order valence-electron chi connectivity index (χ1n) is 6.20. The summed E-state index contributed by atoms with van der Waals surface area (Å²) >= 11 is 0. The van der Waals surface area contributed by atoms with Crippen molar-refractivity contribution in [3.63, 3.8) is 0 Å². The van der Waals surface area contributed by atoms with Crippen molar-refractivity contribution in [2.75, 3.05) is 24.6 Å². The van der Waals surface area contributed by atoms with Crippen molar-refractivity contribution in [1.82, 2.24) is 0 Å². The van der Waals surface area contributed by atoms with Crippen molar-refractivity contribution < 1.29 is 5.11 Å². The van der Waals surface area contributed by atoms with E-state index >= 15 is 0 Å². The Hall–Kier alpha value is -1.02. The Morgan fingerprint density at radius 1 is 1.06 bits per heavy atom. The number of hydrogen-bond acceptors (Lipinski definition) is 2. The Morgan fingerprint density at radius 2 is 1.75 bits per heavy atom. The SMILES string of the molecule is CCN(CCCCCO)c1ccc(C)cc1. The highest BCUT2D eigenvalue weighted by Gasteiger charge is 2.02. The van der Waals surface area contributed by atoms with Gasteiger partial charge in [0.1, 0.15) is 0 Å². The van der Waals surface area contributed by atoms with Crippen LogP contribution in [0, 0.1) is 6.92 Å². The van der Waals surface area contributed by atoms with Gasteiger partial charge in [-0.25, -0.2) is 0 Å². The molecular formula is C14H23NO. The number of nitrogens with zero attached hydrogens (tertiary/aromatic N) is 1. The molecule has 1 N–H and O–H groups in total. The lowest BCUT2D eigenvalue weighted by atomic mass is 10.2. The summed E-state index contributed by atoms with van der Waals surface area (Å²) in [5.74, 6) is 0. The molecule has 0 aliphatic rings. The summed E-state index contributed by atoms with van der Waals surface area (Å²) in [6, 6.07) is 8.69. The Bertz CT molecular complexity index is 281. The van der Waals surface area contributed by atoms with E-state index in [1.807, 2.05) is 0 Å². The summed E-state index contributed by atoms with van der Waals surface area (Å²) in [4.78, 5) is 2.39. The van der Waals surface area contributed by atoms with Crippen LogP contribution in [-0.2, 0) is 0 Å². The third-order valence-corrected chi connectivity index (χ3v) is 2.87. The maximum Gasteiger partial charge on any atom is 0.0431 e. The fourth-order valence-electron chi connectivity index (χ4n) is 1.82. The average Bonchev–Trinajstić information content (AvgIpc) is 2.31. The van der Waals surface area contributed by atoms with E-state index in [1.165, 1.54) is 11.3 Å². The zero-order valence-corrected chi connectivity index (χ0v) is 10.4. The topological polar surface area (TPSA) is 23.5 Å². The molecule has 0 atom stereocenters. The number of benzene rings is 1. The molecule has 0 aliphatic carbocycles. The predicted octanol–water partition coefficient (Wildman–Crippen LogP) is 2.98. The molecule has 1 rings (SSSR count). The van der Waals surface area contributed by atoms with Crippen LogP contribution in [0.5, 0.6) is 0 Å². The quantitative estimate of drug-likeness (QED) is 0.715. The normalized spacial score (nSPS) is 10.4. The third kappa shape index (κ3) is 4.23. The summed E-state index contributed by atoms with van der Waals surface area (Å²) < 4.78 is 0. The van der Waals surface area contributed by atoms with Crippen molar-refractivity contribution in [3.8, 4) is 0 Å². The van der Waals surface area contributed by atoms with E-state index in [0.29, 0.717) is 6.61 Å². The van der Waals surface area contributed by atoms with Gasteiger partial charge in [-0.15, -0.1) is 0 Å². The lowest BCUT2D eigenvalue weighted by Gasteiger charge is -2.23. The molecule has 0 saturated heterocycles. The summed E-state index contributed by atoms with van der Waals surface area (Å²) in [5.41, 5.74) is 2.61. The van der Waals surface area contributed by atoms with Crippen LogP contribution in [0.25, 0.3) is 0 Å². The third-order valence-electron chi connectivity index (χ3n) is 2.87. The molecule has 0 aromatic heterocycles. The van der Waals surface area contributed by atoms with Crippen LogP contribution >= 0.6 is 0 Å². The second-order valence-electron chi connectivity index (χ2n) is 4.20. The van der Waals surface area contributed by atoms with Gasteiger partial charge in [-0.2, -0.15) is 0 Å². The van der Waals surface area contributed by atoms with Gasteiger partial charge in [-0.05, 0) is 45.2 Å². The van der Waals surface area contributed by atoms with E-state index < -0.39 is 0 Å². The first-order valence-corrected chi connectivity index (χ1v) is 6.20. The molecule has 0 heterocycles.